The van der Waals surface area contributed by atoms with Crippen molar-refractivity contribution in [1.82, 2.24) is 4.90 Å². The molecule has 0 N–H and O–H groups in total. The molecule has 0 saturated carbocycles. The monoisotopic (exact) mass is 235 g/mol. The number of methoxy groups -OCH3 is 1. The van der Waals surface area contributed by atoms with Gasteiger partial charge in [-0.25, -0.2) is 0 Å². The summed E-state index contributed by atoms with van der Waals surface area (Å²) in [4.78, 5) is 12.6. The van der Waals surface area contributed by atoms with E-state index in [1.807, 2.05) is 26.2 Å². The number of rotatable bonds is 6. The Morgan fingerprint density at radius 2 is 2.12 bits per heavy atom. The molecule has 1 unspecified atom stereocenters. The van der Waals surface area contributed by atoms with E-state index in [0.717, 1.165) is 24.1 Å². The summed E-state index contributed by atoms with van der Waals surface area (Å²) in [5.41, 5.74) is 2.35. The first kappa shape index (κ1) is 13.7. The van der Waals surface area contributed by atoms with Gasteiger partial charge in [-0.05, 0) is 31.6 Å². The van der Waals surface area contributed by atoms with Crippen molar-refractivity contribution in [3.8, 4) is 5.75 Å². The van der Waals surface area contributed by atoms with Crippen LogP contribution in [0.25, 0.3) is 0 Å². The van der Waals surface area contributed by atoms with Crippen LogP contribution in [0.1, 0.15) is 30.4 Å². The van der Waals surface area contributed by atoms with E-state index in [-0.39, 0.29) is 5.92 Å². The van der Waals surface area contributed by atoms with Crippen molar-refractivity contribution in [1.29, 1.82) is 0 Å². The molecule has 17 heavy (non-hydrogen) atoms. The lowest BCUT2D eigenvalue weighted by molar-refractivity contribution is -0.108. The number of hydrogen-bond donors (Lipinski definition) is 0. The maximum Gasteiger partial charge on any atom is 0.123 e. The smallest absolute Gasteiger partial charge is 0.123 e. The van der Waals surface area contributed by atoms with Crippen molar-refractivity contribution in [2.24, 2.45) is 0 Å². The Balaban J connectivity index is 2.99. The molecule has 0 fully saturated rings. The SMILES string of the molecule is COc1ccc(C(C)CC=O)cc1CN(C)C. The average Bonchev–Trinajstić information content (AvgIpc) is 2.28. The van der Waals surface area contributed by atoms with Crippen LogP contribution in [-0.4, -0.2) is 32.4 Å². The van der Waals surface area contributed by atoms with Crippen molar-refractivity contribution in [3.63, 3.8) is 0 Å². The molecule has 0 spiro atoms. The first-order valence-electron chi connectivity index (χ1n) is 5.83. The lowest BCUT2D eigenvalue weighted by Crippen LogP contribution is -2.12. The molecule has 94 valence electrons. The molecule has 1 atom stereocenters. The largest absolute Gasteiger partial charge is 0.496 e. The molecule has 0 aliphatic carbocycles. The maximum atomic E-state index is 10.5. The number of benzene rings is 1. The van der Waals surface area contributed by atoms with Gasteiger partial charge in [0.05, 0.1) is 7.11 Å². The molecular formula is C14H21NO2. The second-order valence-corrected chi connectivity index (χ2v) is 4.61. The summed E-state index contributed by atoms with van der Waals surface area (Å²) in [6.45, 7) is 2.90. The Hall–Kier alpha value is -1.35. The Morgan fingerprint density at radius 3 is 2.65 bits per heavy atom. The Kier molecular flexibility index (Phi) is 5.16. The highest BCUT2D eigenvalue weighted by Gasteiger charge is 2.10. The zero-order valence-corrected chi connectivity index (χ0v) is 11.1. The Morgan fingerprint density at radius 1 is 1.41 bits per heavy atom. The van der Waals surface area contributed by atoms with Crippen LogP contribution in [0.2, 0.25) is 0 Å². The van der Waals surface area contributed by atoms with E-state index in [1.165, 1.54) is 5.56 Å². The minimum atomic E-state index is 0.263. The van der Waals surface area contributed by atoms with E-state index in [4.69, 9.17) is 4.74 Å². The van der Waals surface area contributed by atoms with Gasteiger partial charge in [0, 0.05) is 18.5 Å². The van der Waals surface area contributed by atoms with Crippen LogP contribution in [0.15, 0.2) is 18.2 Å². The number of hydrogen-bond acceptors (Lipinski definition) is 3. The summed E-state index contributed by atoms with van der Waals surface area (Å²) >= 11 is 0. The van der Waals surface area contributed by atoms with Crippen LogP contribution in [0, 0.1) is 0 Å². The van der Waals surface area contributed by atoms with E-state index in [9.17, 15) is 4.79 Å². The summed E-state index contributed by atoms with van der Waals surface area (Å²) in [5.74, 6) is 1.17. The van der Waals surface area contributed by atoms with Crippen LogP contribution in [0.5, 0.6) is 5.75 Å². The number of ether oxygens (including phenoxy) is 1. The normalized spacial score (nSPS) is 12.5. The summed E-state index contributed by atoms with van der Waals surface area (Å²) in [6.07, 6.45) is 1.54. The van der Waals surface area contributed by atoms with Crippen LogP contribution < -0.4 is 4.74 Å². The Bertz CT molecular complexity index is 374. The molecule has 0 saturated heterocycles. The fourth-order valence-corrected chi connectivity index (χ4v) is 1.85. The van der Waals surface area contributed by atoms with Crippen LogP contribution >= 0.6 is 0 Å². The molecular weight excluding hydrogens is 214 g/mol. The van der Waals surface area contributed by atoms with E-state index in [1.54, 1.807) is 7.11 Å². The van der Waals surface area contributed by atoms with E-state index in [0.29, 0.717) is 6.42 Å². The van der Waals surface area contributed by atoms with E-state index >= 15 is 0 Å². The fraction of sp³-hybridized carbons (Fsp3) is 0.500. The van der Waals surface area contributed by atoms with Crippen molar-refractivity contribution in [2.45, 2.75) is 25.8 Å². The van der Waals surface area contributed by atoms with Crippen molar-refractivity contribution in [2.75, 3.05) is 21.2 Å². The lowest BCUT2D eigenvalue weighted by atomic mass is 9.96. The summed E-state index contributed by atoms with van der Waals surface area (Å²) in [6, 6.07) is 6.15. The molecule has 0 aliphatic rings. The predicted octanol–water partition coefficient (Wildman–Crippen LogP) is 2.45. The number of carbonyl (C=O) groups excluding carboxylic acids is 1. The molecule has 0 aliphatic heterocycles. The van der Waals surface area contributed by atoms with Gasteiger partial charge < -0.3 is 14.4 Å². The van der Waals surface area contributed by atoms with E-state index < -0.39 is 0 Å². The predicted molar refractivity (Wildman–Crippen MR) is 69.5 cm³/mol. The second kappa shape index (κ2) is 6.40. The summed E-state index contributed by atoms with van der Waals surface area (Å²) in [5, 5.41) is 0. The highest BCUT2D eigenvalue weighted by molar-refractivity contribution is 5.52. The Labute approximate surface area is 103 Å². The molecule has 0 aromatic heterocycles. The van der Waals surface area contributed by atoms with Crippen molar-refractivity contribution >= 4 is 6.29 Å². The number of aldehydes is 1. The molecule has 0 bridgehead atoms. The average molecular weight is 235 g/mol. The summed E-state index contributed by atoms with van der Waals surface area (Å²) < 4.78 is 5.34. The van der Waals surface area contributed by atoms with Gasteiger partial charge in [-0.15, -0.1) is 0 Å². The van der Waals surface area contributed by atoms with Gasteiger partial charge >= 0.3 is 0 Å². The quantitative estimate of drug-likeness (QED) is 0.709. The molecule has 1 aromatic carbocycles. The highest BCUT2D eigenvalue weighted by atomic mass is 16.5. The molecule has 1 aromatic rings. The molecule has 3 heteroatoms. The van der Waals surface area contributed by atoms with Gasteiger partial charge in [0.15, 0.2) is 0 Å². The third-order valence-corrected chi connectivity index (χ3v) is 2.81. The second-order valence-electron chi connectivity index (χ2n) is 4.61. The number of nitrogens with zero attached hydrogens (tertiary/aromatic N) is 1. The zero-order valence-electron chi connectivity index (χ0n) is 11.1. The highest BCUT2D eigenvalue weighted by Crippen LogP contribution is 2.26. The van der Waals surface area contributed by atoms with Gasteiger partial charge in [-0.3, -0.25) is 0 Å². The van der Waals surface area contributed by atoms with Gasteiger partial charge in [0.2, 0.25) is 0 Å². The summed E-state index contributed by atoms with van der Waals surface area (Å²) in [7, 11) is 5.74. The maximum absolute atomic E-state index is 10.5. The van der Waals surface area contributed by atoms with E-state index in [2.05, 4.69) is 17.9 Å². The fourth-order valence-electron chi connectivity index (χ4n) is 1.85. The van der Waals surface area contributed by atoms with Crippen LogP contribution in [-0.2, 0) is 11.3 Å². The molecule has 0 amide bonds. The first-order chi connectivity index (χ1) is 8.08. The van der Waals surface area contributed by atoms with Gasteiger partial charge in [-0.1, -0.05) is 19.1 Å². The molecule has 0 heterocycles. The topological polar surface area (TPSA) is 29.5 Å². The van der Waals surface area contributed by atoms with Gasteiger partial charge in [0.1, 0.15) is 12.0 Å². The van der Waals surface area contributed by atoms with Crippen molar-refractivity contribution in [3.05, 3.63) is 29.3 Å². The minimum Gasteiger partial charge on any atom is -0.496 e. The first-order valence-corrected chi connectivity index (χ1v) is 5.83. The lowest BCUT2D eigenvalue weighted by Gasteiger charge is -2.16. The molecule has 3 nitrogen and oxygen atoms in total. The van der Waals surface area contributed by atoms with Crippen LogP contribution in [0.4, 0.5) is 0 Å². The minimum absolute atomic E-state index is 0.263. The molecule has 0 radical (unpaired) electrons. The number of carbonyl (C=O) groups is 1. The van der Waals surface area contributed by atoms with Crippen LogP contribution in [0.3, 0.4) is 0 Å². The van der Waals surface area contributed by atoms with Gasteiger partial charge in [-0.2, -0.15) is 0 Å². The zero-order chi connectivity index (χ0) is 12.8. The third kappa shape index (κ3) is 3.86. The third-order valence-electron chi connectivity index (χ3n) is 2.81. The van der Waals surface area contributed by atoms with Crippen molar-refractivity contribution < 1.29 is 9.53 Å². The molecule has 1 rings (SSSR count). The van der Waals surface area contributed by atoms with Gasteiger partial charge in [0.25, 0.3) is 0 Å². The standard InChI is InChI=1S/C14H21NO2/c1-11(7-8-16)12-5-6-14(17-4)13(9-12)10-15(2)3/h5-6,8-9,11H,7,10H2,1-4H3.